The molecule has 0 aromatic rings. The van der Waals surface area contributed by atoms with Crippen LogP contribution in [0.5, 0.6) is 0 Å². The van der Waals surface area contributed by atoms with Crippen LogP contribution in [0.25, 0.3) is 0 Å². The maximum atomic E-state index is 11.1. The molecule has 0 aromatic carbocycles. The van der Waals surface area contributed by atoms with E-state index in [0.717, 1.165) is 6.42 Å². The van der Waals surface area contributed by atoms with E-state index in [2.05, 4.69) is 5.48 Å². The summed E-state index contributed by atoms with van der Waals surface area (Å²) in [5, 5.41) is 0. The first-order valence-corrected chi connectivity index (χ1v) is 4.30. The van der Waals surface area contributed by atoms with Crippen molar-refractivity contribution in [1.29, 1.82) is 0 Å². The Morgan fingerprint density at radius 3 is 2.58 bits per heavy atom. The molecular weight excluding hydrogens is 156 g/mol. The van der Waals surface area contributed by atoms with Crippen molar-refractivity contribution in [3.63, 3.8) is 0 Å². The Morgan fingerprint density at radius 2 is 2.17 bits per heavy atom. The Labute approximate surface area is 73.4 Å². The van der Waals surface area contributed by atoms with Crippen LogP contribution in [0.15, 0.2) is 0 Å². The summed E-state index contributed by atoms with van der Waals surface area (Å²) in [6.07, 6.45) is 0.890. The van der Waals surface area contributed by atoms with Crippen LogP contribution in [0.1, 0.15) is 27.2 Å². The van der Waals surface area contributed by atoms with Gasteiger partial charge in [0.25, 0.3) is 5.91 Å². The Hall–Kier alpha value is -0.610. The van der Waals surface area contributed by atoms with Crippen molar-refractivity contribution in [2.75, 3.05) is 6.61 Å². The molecular formula is C8H18N2O2. The summed E-state index contributed by atoms with van der Waals surface area (Å²) in [7, 11) is 0. The van der Waals surface area contributed by atoms with E-state index < -0.39 is 6.04 Å². The van der Waals surface area contributed by atoms with Crippen LogP contribution < -0.4 is 11.2 Å². The third-order valence-electron chi connectivity index (χ3n) is 1.88. The highest BCUT2D eigenvalue weighted by molar-refractivity contribution is 5.80. The maximum absolute atomic E-state index is 11.1. The van der Waals surface area contributed by atoms with Gasteiger partial charge in [-0.25, -0.2) is 5.48 Å². The number of nitrogens with one attached hydrogen (secondary N) is 1. The molecule has 0 aromatic heterocycles. The van der Waals surface area contributed by atoms with Crippen LogP contribution in [0.2, 0.25) is 0 Å². The van der Waals surface area contributed by atoms with Gasteiger partial charge < -0.3 is 5.73 Å². The lowest BCUT2D eigenvalue weighted by Crippen LogP contribution is -2.44. The summed E-state index contributed by atoms with van der Waals surface area (Å²) in [6.45, 7) is 6.20. The minimum absolute atomic E-state index is 0.186. The van der Waals surface area contributed by atoms with Crippen molar-refractivity contribution in [3.05, 3.63) is 0 Å². The van der Waals surface area contributed by atoms with Crippen LogP contribution in [-0.2, 0) is 9.63 Å². The SMILES string of the molecule is CCONC(=O)C(N)C(C)CC. The zero-order chi connectivity index (χ0) is 9.56. The average molecular weight is 174 g/mol. The summed E-state index contributed by atoms with van der Waals surface area (Å²) in [5.41, 5.74) is 7.90. The van der Waals surface area contributed by atoms with Gasteiger partial charge in [0.2, 0.25) is 0 Å². The number of carbonyl (C=O) groups is 1. The zero-order valence-electron chi connectivity index (χ0n) is 7.96. The quantitative estimate of drug-likeness (QED) is 0.594. The molecule has 2 atom stereocenters. The highest BCUT2D eigenvalue weighted by Crippen LogP contribution is 2.04. The standard InChI is InChI=1S/C8H18N2O2/c1-4-6(3)7(9)8(11)10-12-5-2/h6-7H,4-5,9H2,1-3H3,(H,10,11). The highest BCUT2D eigenvalue weighted by Gasteiger charge is 2.18. The smallest absolute Gasteiger partial charge is 0.260 e. The molecule has 0 aliphatic rings. The van der Waals surface area contributed by atoms with E-state index in [4.69, 9.17) is 10.6 Å². The fourth-order valence-corrected chi connectivity index (χ4v) is 0.724. The van der Waals surface area contributed by atoms with Gasteiger partial charge in [-0.2, -0.15) is 0 Å². The normalized spacial score (nSPS) is 15.3. The van der Waals surface area contributed by atoms with Gasteiger partial charge in [-0.1, -0.05) is 20.3 Å². The Kier molecular flexibility index (Phi) is 5.66. The number of carbonyl (C=O) groups excluding carboxylic acids is 1. The van der Waals surface area contributed by atoms with Crippen molar-refractivity contribution in [3.8, 4) is 0 Å². The molecule has 0 fully saturated rings. The lowest BCUT2D eigenvalue weighted by molar-refractivity contribution is -0.135. The van der Waals surface area contributed by atoms with Gasteiger partial charge in [-0.15, -0.1) is 0 Å². The highest BCUT2D eigenvalue weighted by atomic mass is 16.6. The molecule has 0 aliphatic carbocycles. The molecule has 12 heavy (non-hydrogen) atoms. The molecule has 4 heteroatoms. The molecule has 4 nitrogen and oxygen atoms in total. The lowest BCUT2D eigenvalue weighted by atomic mass is 10.00. The van der Waals surface area contributed by atoms with Crippen molar-refractivity contribution in [1.82, 2.24) is 5.48 Å². The van der Waals surface area contributed by atoms with Crippen LogP contribution in [0.4, 0.5) is 0 Å². The summed E-state index contributed by atoms with van der Waals surface area (Å²) in [6, 6.07) is -0.471. The van der Waals surface area contributed by atoms with Gasteiger partial charge in [0.05, 0.1) is 12.6 Å². The van der Waals surface area contributed by atoms with E-state index in [1.165, 1.54) is 0 Å². The topological polar surface area (TPSA) is 64.3 Å². The minimum Gasteiger partial charge on any atom is -0.320 e. The molecule has 0 spiro atoms. The van der Waals surface area contributed by atoms with E-state index in [1.807, 2.05) is 13.8 Å². The predicted molar refractivity (Wildman–Crippen MR) is 47.2 cm³/mol. The van der Waals surface area contributed by atoms with Crippen LogP contribution in [-0.4, -0.2) is 18.6 Å². The molecule has 0 heterocycles. The van der Waals surface area contributed by atoms with Crippen molar-refractivity contribution < 1.29 is 9.63 Å². The molecule has 1 amide bonds. The molecule has 3 N–H and O–H groups in total. The van der Waals surface area contributed by atoms with E-state index in [0.29, 0.717) is 6.61 Å². The van der Waals surface area contributed by atoms with Crippen LogP contribution in [0.3, 0.4) is 0 Å². The van der Waals surface area contributed by atoms with E-state index in [-0.39, 0.29) is 11.8 Å². The van der Waals surface area contributed by atoms with Gasteiger partial charge in [0, 0.05) is 0 Å². The third kappa shape index (κ3) is 3.69. The van der Waals surface area contributed by atoms with Gasteiger partial charge in [0.15, 0.2) is 0 Å². The number of nitrogens with two attached hydrogens (primary N) is 1. The first-order valence-electron chi connectivity index (χ1n) is 4.30. The molecule has 0 rings (SSSR count). The molecule has 0 aliphatic heterocycles. The fraction of sp³-hybridized carbons (Fsp3) is 0.875. The van der Waals surface area contributed by atoms with E-state index >= 15 is 0 Å². The summed E-state index contributed by atoms with van der Waals surface area (Å²) < 4.78 is 0. The Morgan fingerprint density at radius 1 is 1.58 bits per heavy atom. The Balaban J connectivity index is 3.75. The van der Waals surface area contributed by atoms with Gasteiger partial charge in [-0.3, -0.25) is 9.63 Å². The zero-order valence-corrected chi connectivity index (χ0v) is 7.96. The second-order valence-corrected chi connectivity index (χ2v) is 2.81. The van der Waals surface area contributed by atoms with Gasteiger partial charge in [0.1, 0.15) is 0 Å². The van der Waals surface area contributed by atoms with E-state index in [1.54, 1.807) is 6.92 Å². The van der Waals surface area contributed by atoms with Crippen molar-refractivity contribution in [2.45, 2.75) is 33.2 Å². The van der Waals surface area contributed by atoms with Gasteiger partial charge >= 0.3 is 0 Å². The number of rotatable bonds is 5. The number of hydrogen-bond acceptors (Lipinski definition) is 3. The van der Waals surface area contributed by atoms with Crippen LogP contribution in [0, 0.1) is 5.92 Å². The summed E-state index contributed by atoms with van der Waals surface area (Å²) >= 11 is 0. The number of hydrogen-bond donors (Lipinski definition) is 2. The lowest BCUT2D eigenvalue weighted by Gasteiger charge is -2.16. The predicted octanol–water partition coefficient (Wildman–Crippen LogP) is 0.427. The van der Waals surface area contributed by atoms with Crippen molar-refractivity contribution >= 4 is 5.91 Å². The molecule has 0 saturated carbocycles. The number of hydroxylamine groups is 1. The largest absolute Gasteiger partial charge is 0.320 e. The second-order valence-electron chi connectivity index (χ2n) is 2.81. The molecule has 72 valence electrons. The Bertz CT molecular complexity index is 139. The molecule has 0 radical (unpaired) electrons. The van der Waals surface area contributed by atoms with Crippen LogP contribution >= 0.6 is 0 Å². The third-order valence-corrected chi connectivity index (χ3v) is 1.88. The second kappa shape index (κ2) is 5.97. The maximum Gasteiger partial charge on any atom is 0.260 e. The molecule has 0 bridgehead atoms. The van der Waals surface area contributed by atoms with E-state index in [9.17, 15) is 4.79 Å². The molecule has 0 saturated heterocycles. The first kappa shape index (κ1) is 11.4. The fourth-order valence-electron chi connectivity index (χ4n) is 0.724. The first-order chi connectivity index (χ1) is 5.63. The minimum atomic E-state index is -0.471. The van der Waals surface area contributed by atoms with Crippen molar-refractivity contribution in [2.24, 2.45) is 11.7 Å². The molecule has 2 unspecified atom stereocenters. The number of amides is 1. The average Bonchev–Trinajstić information content (AvgIpc) is 2.11. The summed E-state index contributed by atoms with van der Waals surface area (Å²) in [5.74, 6) is -0.0587. The van der Waals surface area contributed by atoms with Gasteiger partial charge in [-0.05, 0) is 12.8 Å². The summed E-state index contributed by atoms with van der Waals surface area (Å²) in [4.78, 5) is 15.9. The monoisotopic (exact) mass is 174 g/mol.